The lowest BCUT2D eigenvalue weighted by Gasteiger charge is -2.34. The molecule has 0 unspecified atom stereocenters. The Morgan fingerprint density at radius 3 is 2.38 bits per heavy atom. The van der Waals surface area contributed by atoms with E-state index in [1.165, 1.54) is 0 Å². The van der Waals surface area contributed by atoms with E-state index in [0.29, 0.717) is 36.8 Å². The summed E-state index contributed by atoms with van der Waals surface area (Å²) in [5.74, 6) is 0.0407. The molecule has 0 aromatic heterocycles. The van der Waals surface area contributed by atoms with E-state index < -0.39 is 0 Å². The first-order valence-corrected chi connectivity index (χ1v) is 9.12. The van der Waals surface area contributed by atoms with Gasteiger partial charge in [0.1, 0.15) is 0 Å². The number of rotatable bonds is 5. The number of halogens is 1. The van der Waals surface area contributed by atoms with Crippen molar-refractivity contribution in [3.63, 3.8) is 0 Å². The van der Waals surface area contributed by atoms with Gasteiger partial charge in [0.05, 0.1) is 0 Å². The van der Waals surface area contributed by atoms with Crippen molar-refractivity contribution in [1.82, 2.24) is 9.80 Å². The molecule has 6 heteroatoms. The molecule has 136 valence electrons. The van der Waals surface area contributed by atoms with Crippen molar-refractivity contribution in [2.45, 2.75) is 6.42 Å². The predicted octanol–water partition coefficient (Wildman–Crippen LogP) is 3.13. The molecule has 0 saturated carbocycles. The van der Waals surface area contributed by atoms with E-state index in [4.69, 9.17) is 11.6 Å². The highest BCUT2D eigenvalue weighted by Crippen LogP contribution is 2.15. The molecule has 2 aromatic rings. The van der Waals surface area contributed by atoms with Crippen LogP contribution in [0.1, 0.15) is 16.8 Å². The van der Waals surface area contributed by atoms with Gasteiger partial charge < -0.3 is 10.2 Å². The maximum absolute atomic E-state index is 12.4. The number of piperazine rings is 1. The lowest BCUT2D eigenvalue weighted by atomic mass is 10.2. The minimum atomic E-state index is -0.0324. The van der Waals surface area contributed by atoms with Crippen molar-refractivity contribution in [2.75, 3.05) is 38.0 Å². The minimum absolute atomic E-state index is 0.0324. The summed E-state index contributed by atoms with van der Waals surface area (Å²) in [6, 6.07) is 16.5. The highest BCUT2D eigenvalue weighted by molar-refractivity contribution is 6.30. The van der Waals surface area contributed by atoms with Gasteiger partial charge in [0.15, 0.2) is 0 Å². The van der Waals surface area contributed by atoms with Crippen LogP contribution < -0.4 is 5.32 Å². The lowest BCUT2D eigenvalue weighted by molar-refractivity contribution is -0.116. The molecular formula is C20H22ClN3O2. The Balaban J connectivity index is 1.41. The first-order valence-electron chi connectivity index (χ1n) is 8.74. The van der Waals surface area contributed by atoms with Crippen LogP contribution in [-0.4, -0.2) is 54.3 Å². The molecule has 1 fully saturated rings. The van der Waals surface area contributed by atoms with Gasteiger partial charge in [-0.1, -0.05) is 35.9 Å². The van der Waals surface area contributed by atoms with Crippen molar-refractivity contribution in [3.05, 3.63) is 65.2 Å². The molecule has 0 aliphatic carbocycles. The quantitative estimate of drug-likeness (QED) is 0.878. The van der Waals surface area contributed by atoms with Crippen LogP contribution in [0.25, 0.3) is 0 Å². The molecule has 1 saturated heterocycles. The Kier molecular flexibility index (Phi) is 6.26. The second-order valence-corrected chi connectivity index (χ2v) is 6.74. The summed E-state index contributed by atoms with van der Waals surface area (Å²) in [6.07, 6.45) is 0.416. The van der Waals surface area contributed by atoms with Crippen LogP contribution in [0.15, 0.2) is 54.6 Å². The average Bonchev–Trinajstić information content (AvgIpc) is 2.67. The fourth-order valence-electron chi connectivity index (χ4n) is 2.99. The highest BCUT2D eigenvalue weighted by atomic mass is 35.5. The van der Waals surface area contributed by atoms with Crippen LogP contribution in [0.2, 0.25) is 5.02 Å². The maximum Gasteiger partial charge on any atom is 0.253 e. The highest BCUT2D eigenvalue weighted by Gasteiger charge is 2.22. The smallest absolute Gasteiger partial charge is 0.253 e. The van der Waals surface area contributed by atoms with Crippen molar-refractivity contribution in [3.8, 4) is 0 Å². The summed E-state index contributed by atoms with van der Waals surface area (Å²) < 4.78 is 0. The standard InChI is InChI=1S/C20H22ClN3O2/c21-17-7-4-8-18(15-17)22-19(25)9-10-23-11-13-24(14-12-23)20(26)16-5-2-1-3-6-16/h1-8,15H,9-14H2,(H,22,25). The normalized spacial score (nSPS) is 14.9. The fourth-order valence-corrected chi connectivity index (χ4v) is 3.18. The van der Waals surface area contributed by atoms with Crippen LogP contribution in [0, 0.1) is 0 Å². The van der Waals surface area contributed by atoms with E-state index in [1.807, 2.05) is 41.3 Å². The van der Waals surface area contributed by atoms with Crippen molar-refractivity contribution in [2.24, 2.45) is 0 Å². The van der Waals surface area contributed by atoms with Gasteiger partial charge in [-0.15, -0.1) is 0 Å². The molecular weight excluding hydrogens is 350 g/mol. The number of hydrogen-bond acceptors (Lipinski definition) is 3. The van der Waals surface area contributed by atoms with Gasteiger partial charge in [0, 0.05) is 55.4 Å². The van der Waals surface area contributed by atoms with Gasteiger partial charge in [-0.3, -0.25) is 14.5 Å². The molecule has 0 atom stereocenters. The first kappa shape index (κ1) is 18.4. The number of hydrogen-bond donors (Lipinski definition) is 1. The van der Waals surface area contributed by atoms with Crippen molar-refractivity contribution in [1.29, 1.82) is 0 Å². The first-order chi connectivity index (χ1) is 12.6. The molecule has 0 spiro atoms. The number of anilines is 1. The Morgan fingerprint density at radius 2 is 1.69 bits per heavy atom. The van der Waals surface area contributed by atoms with Crippen LogP contribution in [-0.2, 0) is 4.79 Å². The number of carbonyl (C=O) groups excluding carboxylic acids is 2. The molecule has 1 heterocycles. The van der Waals surface area contributed by atoms with E-state index in [1.54, 1.807) is 18.2 Å². The second-order valence-electron chi connectivity index (χ2n) is 6.31. The third kappa shape index (κ3) is 5.07. The molecule has 1 aliphatic heterocycles. The Bertz CT molecular complexity index is 759. The van der Waals surface area contributed by atoms with Gasteiger partial charge in [-0.2, -0.15) is 0 Å². The largest absolute Gasteiger partial charge is 0.336 e. The molecule has 0 radical (unpaired) electrons. The maximum atomic E-state index is 12.4. The molecule has 2 aromatic carbocycles. The zero-order chi connectivity index (χ0) is 18.4. The Hall–Kier alpha value is -2.37. The summed E-state index contributed by atoms with van der Waals surface area (Å²) in [5, 5.41) is 3.46. The molecule has 0 bridgehead atoms. The Morgan fingerprint density at radius 1 is 0.962 bits per heavy atom. The van der Waals surface area contributed by atoms with Crippen LogP contribution in [0.5, 0.6) is 0 Å². The SMILES string of the molecule is O=C(CCN1CCN(C(=O)c2ccccc2)CC1)Nc1cccc(Cl)c1. The minimum Gasteiger partial charge on any atom is -0.336 e. The van der Waals surface area contributed by atoms with Crippen molar-refractivity contribution < 1.29 is 9.59 Å². The van der Waals surface area contributed by atoms with Crippen LogP contribution >= 0.6 is 11.6 Å². The summed E-state index contributed by atoms with van der Waals surface area (Å²) in [6.45, 7) is 3.61. The summed E-state index contributed by atoms with van der Waals surface area (Å²) in [4.78, 5) is 28.6. The number of amides is 2. The number of carbonyl (C=O) groups is 2. The van der Waals surface area contributed by atoms with Crippen molar-refractivity contribution >= 4 is 29.1 Å². The van der Waals surface area contributed by atoms with E-state index >= 15 is 0 Å². The predicted molar refractivity (Wildman–Crippen MR) is 103 cm³/mol. The van der Waals surface area contributed by atoms with Gasteiger partial charge in [-0.05, 0) is 30.3 Å². The van der Waals surface area contributed by atoms with E-state index in [-0.39, 0.29) is 11.8 Å². The summed E-state index contributed by atoms with van der Waals surface area (Å²) in [5.41, 5.74) is 1.43. The van der Waals surface area contributed by atoms with Crippen LogP contribution in [0.4, 0.5) is 5.69 Å². The number of benzene rings is 2. The van der Waals surface area contributed by atoms with Gasteiger partial charge in [0.2, 0.25) is 5.91 Å². The Labute approximate surface area is 158 Å². The second kappa shape index (κ2) is 8.83. The van der Waals surface area contributed by atoms with E-state index in [2.05, 4.69) is 10.2 Å². The molecule has 1 N–H and O–H groups in total. The number of nitrogens with one attached hydrogen (secondary N) is 1. The van der Waals surface area contributed by atoms with Gasteiger partial charge >= 0.3 is 0 Å². The third-order valence-corrected chi connectivity index (χ3v) is 4.68. The molecule has 26 heavy (non-hydrogen) atoms. The zero-order valence-corrected chi connectivity index (χ0v) is 15.3. The molecule has 5 nitrogen and oxygen atoms in total. The molecule has 2 amide bonds. The zero-order valence-electron chi connectivity index (χ0n) is 14.5. The lowest BCUT2D eigenvalue weighted by Crippen LogP contribution is -2.49. The average molecular weight is 372 g/mol. The third-order valence-electron chi connectivity index (χ3n) is 4.44. The van der Waals surface area contributed by atoms with E-state index in [9.17, 15) is 9.59 Å². The number of nitrogens with zero attached hydrogens (tertiary/aromatic N) is 2. The van der Waals surface area contributed by atoms with Gasteiger partial charge in [0.25, 0.3) is 5.91 Å². The fraction of sp³-hybridized carbons (Fsp3) is 0.300. The van der Waals surface area contributed by atoms with Crippen LogP contribution in [0.3, 0.4) is 0 Å². The molecule has 3 rings (SSSR count). The topological polar surface area (TPSA) is 52.7 Å². The van der Waals surface area contributed by atoms with Gasteiger partial charge in [-0.25, -0.2) is 0 Å². The summed E-state index contributed by atoms with van der Waals surface area (Å²) in [7, 11) is 0. The summed E-state index contributed by atoms with van der Waals surface area (Å²) >= 11 is 5.92. The molecule has 1 aliphatic rings. The monoisotopic (exact) mass is 371 g/mol. The van der Waals surface area contributed by atoms with E-state index in [0.717, 1.165) is 18.7 Å².